The van der Waals surface area contributed by atoms with Crippen LogP contribution in [-0.4, -0.2) is 80.7 Å². The van der Waals surface area contributed by atoms with Crippen molar-refractivity contribution in [2.24, 2.45) is 0 Å². The van der Waals surface area contributed by atoms with Crippen LogP contribution >= 0.6 is 15.6 Å². The Morgan fingerprint density at radius 2 is 0.615 bits per heavy atom. The molecule has 0 radical (unpaired) electrons. The number of hydrogen-bond donors (Lipinski definition) is 8. The van der Waals surface area contributed by atoms with Crippen molar-refractivity contribution in [1.82, 2.24) is 12.3 Å². The molecule has 0 unspecified atom stereocenters. The first kappa shape index (κ1) is 29.3. The van der Waals surface area contributed by atoms with Gasteiger partial charge >= 0.3 is 67.0 Å². The first-order valence-electron chi connectivity index (χ1n) is 1.57. The molecule has 0 rings (SSSR count). The molecule has 0 aromatic carbocycles. The van der Waals surface area contributed by atoms with Crippen LogP contribution in [0.4, 0.5) is 0 Å². The van der Waals surface area contributed by atoms with Crippen LogP contribution in [0.3, 0.4) is 0 Å². The van der Waals surface area contributed by atoms with Gasteiger partial charge in [0.05, 0.1) is 0 Å². The summed E-state index contributed by atoms with van der Waals surface area (Å²) in [5.41, 5.74) is 0. The third-order valence-electron chi connectivity index (χ3n) is 0. The van der Waals surface area contributed by atoms with E-state index in [2.05, 4.69) is 0 Å². The van der Waals surface area contributed by atoms with E-state index in [1.165, 1.54) is 0 Å². The second-order valence-corrected chi connectivity index (χ2v) is 3.08. The van der Waals surface area contributed by atoms with Crippen LogP contribution in [0.1, 0.15) is 0 Å². The molecule has 0 aromatic rings. The summed E-state index contributed by atoms with van der Waals surface area (Å²) >= 11 is 0. The second kappa shape index (κ2) is 11.8. The first-order valence-corrected chi connectivity index (χ1v) is 4.70. The molecule has 0 amide bonds. The molecule has 0 heterocycles. The third kappa shape index (κ3) is 605. The van der Waals surface area contributed by atoms with Crippen molar-refractivity contribution in [3.8, 4) is 0 Å². The molecule has 0 fully saturated rings. The Balaban J connectivity index is -0.0000000267. The normalized spacial score (nSPS) is 9.08. The molecular formula is H13KN2O8P2. The van der Waals surface area contributed by atoms with Gasteiger partial charge in [0.2, 0.25) is 0 Å². The van der Waals surface area contributed by atoms with E-state index in [0.717, 1.165) is 0 Å². The molecule has 12 N–H and O–H groups in total. The van der Waals surface area contributed by atoms with Gasteiger partial charge in [-0.3, -0.25) is 0 Å². The maximum absolute atomic E-state index is 8.88. The van der Waals surface area contributed by atoms with Crippen LogP contribution in [0, 0.1) is 0 Å². The summed E-state index contributed by atoms with van der Waals surface area (Å²) in [5.74, 6) is 0. The van der Waals surface area contributed by atoms with Crippen molar-refractivity contribution in [1.29, 1.82) is 0 Å². The van der Waals surface area contributed by atoms with E-state index in [-0.39, 0.29) is 63.7 Å². The Bertz CT molecular complexity index is 132. The van der Waals surface area contributed by atoms with Gasteiger partial charge in [0.15, 0.2) is 0 Å². The van der Waals surface area contributed by atoms with Crippen molar-refractivity contribution in [3.63, 3.8) is 0 Å². The zero-order valence-electron chi connectivity index (χ0n) is 5.81. The molecule has 0 saturated carbocycles. The Hall–Kier alpha value is 1.78. The minimum absolute atomic E-state index is 0. The summed E-state index contributed by atoms with van der Waals surface area (Å²) in [7, 11) is -9.28. The van der Waals surface area contributed by atoms with E-state index in [4.69, 9.17) is 38.5 Å². The summed E-state index contributed by atoms with van der Waals surface area (Å²) in [6.07, 6.45) is 0. The van der Waals surface area contributed by atoms with Gasteiger partial charge in [-0.1, -0.05) is 0 Å². The molecule has 13 heavy (non-hydrogen) atoms. The zero-order chi connectivity index (χ0) is 9.00. The molecule has 0 aliphatic heterocycles. The van der Waals surface area contributed by atoms with Gasteiger partial charge in [-0.2, -0.15) is 0 Å². The fourth-order valence-electron chi connectivity index (χ4n) is 0. The summed E-state index contributed by atoms with van der Waals surface area (Å²) in [6, 6.07) is 0. The number of phosphoric acid groups is 2. The summed E-state index contributed by atoms with van der Waals surface area (Å²) < 4.78 is 17.8. The SMILES string of the molecule is N.N.O=P(O)(O)O.O=P(O)(O)O.[KH]. The maximum atomic E-state index is 8.88. The van der Waals surface area contributed by atoms with Gasteiger partial charge in [0.25, 0.3) is 0 Å². The average Bonchev–Trinajstić information content (AvgIpc) is 1.12. The van der Waals surface area contributed by atoms with E-state index in [9.17, 15) is 0 Å². The monoisotopic (exact) mass is 270 g/mol. The van der Waals surface area contributed by atoms with Crippen LogP contribution in [0.15, 0.2) is 0 Å². The van der Waals surface area contributed by atoms with Crippen LogP contribution in [-0.2, 0) is 9.13 Å². The van der Waals surface area contributed by atoms with Gasteiger partial charge in [0, 0.05) is 0 Å². The van der Waals surface area contributed by atoms with E-state index < -0.39 is 15.6 Å². The molecule has 10 nitrogen and oxygen atoms in total. The first-order chi connectivity index (χ1) is 4.00. The molecule has 0 saturated heterocycles. The van der Waals surface area contributed by atoms with Gasteiger partial charge in [-0.05, 0) is 0 Å². The quantitative estimate of drug-likeness (QED) is 0.175. The fraction of sp³-hybridized carbons (Fsp3) is 0. The van der Waals surface area contributed by atoms with Gasteiger partial charge in [-0.15, -0.1) is 0 Å². The van der Waals surface area contributed by atoms with Crippen molar-refractivity contribution in [3.05, 3.63) is 0 Å². The predicted octanol–water partition coefficient (Wildman–Crippen LogP) is -2.18. The number of hydrogen-bond acceptors (Lipinski definition) is 4. The average molecular weight is 270 g/mol. The summed E-state index contributed by atoms with van der Waals surface area (Å²) in [6.45, 7) is 0. The molecule has 0 aliphatic rings. The standard InChI is InChI=1S/K.2H3N.2H3O4P.H/c;;;2*1-5(2,3)4;/h;2*1H3;2*(H3,1,2,3,4);. The third-order valence-corrected chi connectivity index (χ3v) is 0. The molecule has 0 bridgehead atoms. The molecular weight excluding hydrogens is 257 g/mol. The Labute approximate surface area is 116 Å². The second-order valence-electron chi connectivity index (χ2n) is 1.03. The molecule has 0 atom stereocenters. The summed E-state index contributed by atoms with van der Waals surface area (Å²) in [5, 5.41) is 0. The Morgan fingerprint density at radius 3 is 0.615 bits per heavy atom. The van der Waals surface area contributed by atoms with Crippen LogP contribution in [0.2, 0.25) is 0 Å². The van der Waals surface area contributed by atoms with Gasteiger partial charge < -0.3 is 41.7 Å². The fourth-order valence-corrected chi connectivity index (χ4v) is 0. The molecule has 13 heteroatoms. The number of rotatable bonds is 0. The summed E-state index contributed by atoms with van der Waals surface area (Å²) in [4.78, 5) is 43.1. The van der Waals surface area contributed by atoms with Crippen LogP contribution < -0.4 is 12.3 Å². The Morgan fingerprint density at radius 1 is 0.615 bits per heavy atom. The van der Waals surface area contributed by atoms with E-state index in [0.29, 0.717) is 0 Å². The van der Waals surface area contributed by atoms with Crippen LogP contribution in [0.25, 0.3) is 0 Å². The minimum atomic E-state index is -4.64. The molecule has 82 valence electrons. The van der Waals surface area contributed by atoms with Crippen LogP contribution in [0.5, 0.6) is 0 Å². The van der Waals surface area contributed by atoms with E-state index in [1.54, 1.807) is 0 Å². The molecule has 0 aliphatic carbocycles. The zero-order valence-corrected chi connectivity index (χ0v) is 7.60. The van der Waals surface area contributed by atoms with Crippen molar-refractivity contribution >= 4 is 67.0 Å². The van der Waals surface area contributed by atoms with Gasteiger partial charge in [0.1, 0.15) is 0 Å². The topological polar surface area (TPSA) is 226 Å². The van der Waals surface area contributed by atoms with E-state index >= 15 is 0 Å². The molecule has 0 spiro atoms. The van der Waals surface area contributed by atoms with Crippen molar-refractivity contribution in [2.45, 2.75) is 0 Å². The van der Waals surface area contributed by atoms with Crippen molar-refractivity contribution < 1.29 is 38.5 Å². The Kier molecular flexibility index (Phi) is 26.7. The predicted molar refractivity (Wildman–Crippen MR) is 45.7 cm³/mol. The molecule has 0 aromatic heterocycles. The van der Waals surface area contributed by atoms with Gasteiger partial charge in [-0.25, -0.2) is 9.13 Å². The van der Waals surface area contributed by atoms with E-state index in [1.807, 2.05) is 0 Å². The van der Waals surface area contributed by atoms with Crippen molar-refractivity contribution in [2.75, 3.05) is 0 Å².